The van der Waals surface area contributed by atoms with Gasteiger partial charge in [0.1, 0.15) is 0 Å². The lowest BCUT2D eigenvalue weighted by atomic mass is 10.1. The number of rotatable bonds is 9. The molecule has 1 saturated heterocycles. The van der Waals surface area contributed by atoms with Gasteiger partial charge in [0.15, 0.2) is 5.96 Å². The Morgan fingerprint density at radius 1 is 1.22 bits per heavy atom. The number of ether oxygens (including phenoxy) is 2. The average molecular weight is 416 g/mol. The fourth-order valence-corrected chi connectivity index (χ4v) is 3.74. The Morgan fingerprint density at radius 3 is 2.56 bits per heavy atom. The van der Waals surface area contributed by atoms with Crippen LogP contribution in [0.4, 0.5) is 0 Å². The van der Waals surface area contributed by atoms with Crippen molar-refractivity contribution >= 4 is 29.2 Å². The van der Waals surface area contributed by atoms with E-state index in [1.807, 2.05) is 18.2 Å². The summed E-state index contributed by atoms with van der Waals surface area (Å²) < 4.78 is 11.0. The van der Waals surface area contributed by atoms with E-state index in [-0.39, 0.29) is 0 Å². The van der Waals surface area contributed by atoms with Gasteiger partial charge in [-0.05, 0) is 50.3 Å². The predicted molar refractivity (Wildman–Crippen MR) is 113 cm³/mol. The number of nitrogens with one attached hydrogen (secondary N) is 1. The Bertz CT molecular complexity index is 570. The van der Waals surface area contributed by atoms with Gasteiger partial charge < -0.3 is 19.7 Å². The van der Waals surface area contributed by atoms with E-state index in [2.05, 4.69) is 17.1 Å². The zero-order valence-electron chi connectivity index (χ0n) is 16.3. The van der Waals surface area contributed by atoms with Crippen molar-refractivity contribution in [1.29, 1.82) is 0 Å². The standard InChI is InChI=1S/C20H31Cl2N3O2/c1-3-23-20(24-11-8-17-18(21)6-4-7-19(17)22)25-12-9-16(10-13-25)27-15-5-14-26-2/h4,6-7,16H,3,5,8-15H2,1-2H3,(H,23,24). The quantitative estimate of drug-likeness (QED) is 0.375. The molecule has 1 fully saturated rings. The number of hydrogen-bond donors (Lipinski definition) is 1. The molecular weight excluding hydrogens is 385 g/mol. The van der Waals surface area contributed by atoms with Gasteiger partial charge in [-0.15, -0.1) is 0 Å². The van der Waals surface area contributed by atoms with Gasteiger partial charge in [0.2, 0.25) is 0 Å². The first kappa shape index (κ1) is 22.3. The third-order valence-electron chi connectivity index (χ3n) is 4.61. The van der Waals surface area contributed by atoms with E-state index in [0.717, 1.165) is 70.1 Å². The van der Waals surface area contributed by atoms with Crippen LogP contribution in [0.15, 0.2) is 23.2 Å². The van der Waals surface area contributed by atoms with Gasteiger partial charge in [-0.3, -0.25) is 4.99 Å². The van der Waals surface area contributed by atoms with Gasteiger partial charge in [0.25, 0.3) is 0 Å². The number of piperidine rings is 1. The fourth-order valence-electron chi connectivity index (χ4n) is 3.16. The molecule has 0 atom stereocenters. The Labute approximate surface area is 173 Å². The predicted octanol–water partition coefficient (Wildman–Crippen LogP) is 4.02. The van der Waals surface area contributed by atoms with Crippen LogP contribution in [0, 0.1) is 0 Å². The van der Waals surface area contributed by atoms with Crippen molar-refractivity contribution in [2.75, 3.05) is 46.5 Å². The van der Waals surface area contributed by atoms with Crippen molar-refractivity contribution in [3.8, 4) is 0 Å². The molecular formula is C20H31Cl2N3O2. The minimum atomic E-state index is 0.336. The van der Waals surface area contributed by atoms with Crippen LogP contribution in [0.3, 0.4) is 0 Å². The van der Waals surface area contributed by atoms with Crippen LogP contribution in [0.25, 0.3) is 0 Å². The number of methoxy groups -OCH3 is 1. The highest BCUT2D eigenvalue weighted by molar-refractivity contribution is 6.35. The summed E-state index contributed by atoms with van der Waals surface area (Å²) in [5.74, 6) is 0.957. The van der Waals surface area contributed by atoms with E-state index >= 15 is 0 Å². The number of guanidine groups is 1. The molecule has 1 aliphatic rings. The first-order valence-electron chi connectivity index (χ1n) is 9.72. The van der Waals surface area contributed by atoms with Crippen LogP contribution in [0.5, 0.6) is 0 Å². The zero-order chi connectivity index (χ0) is 19.5. The molecule has 1 aliphatic heterocycles. The normalized spacial score (nSPS) is 16.0. The van der Waals surface area contributed by atoms with Crippen LogP contribution in [0.2, 0.25) is 10.0 Å². The molecule has 0 unspecified atom stereocenters. The van der Waals surface area contributed by atoms with Gasteiger partial charge in [-0.2, -0.15) is 0 Å². The SMILES string of the molecule is CCNC(=NCCc1c(Cl)cccc1Cl)N1CCC(OCCCOC)CC1. The molecule has 5 nitrogen and oxygen atoms in total. The molecule has 0 radical (unpaired) electrons. The molecule has 0 amide bonds. The minimum absolute atomic E-state index is 0.336. The maximum atomic E-state index is 6.25. The molecule has 0 saturated carbocycles. The molecule has 2 rings (SSSR count). The summed E-state index contributed by atoms with van der Waals surface area (Å²) in [6.45, 7) is 7.02. The topological polar surface area (TPSA) is 46.1 Å². The Hall–Kier alpha value is -1.01. The van der Waals surface area contributed by atoms with Crippen molar-refractivity contribution < 1.29 is 9.47 Å². The largest absolute Gasteiger partial charge is 0.385 e. The minimum Gasteiger partial charge on any atom is -0.385 e. The first-order chi connectivity index (χ1) is 13.2. The number of halogens is 2. The van der Waals surface area contributed by atoms with Crippen molar-refractivity contribution in [3.63, 3.8) is 0 Å². The lowest BCUT2D eigenvalue weighted by Crippen LogP contribution is -2.47. The van der Waals surface area contributed by atoms with Gasteiger partial charge >= 0.3 is 0 Å². The highest BCUT2D eigenvalue weighted by Crippen LogP contribution is 2.24. The fraction of sp³-hybridized carbons (Fsp3) is 0.650. The molecule has 1 heterocycles. The third-order valence-corrected chi connectivity index (χ3v) is 5.32. The summed E-state index contributed by atoms with van der Waals surface area (Å²) in [6.07, 6.45) is 4.06. The summed E-state index contributed by atoms with van der Waals surface area (Å²) in [5, 5.41) is 4.80. The summed E-state index contributed by atoms with van der Waals surface area (Å²) in [5.41, 5.74) is 0.962. The lowest BCUT2D eigenvalue weighted by Gasteiger charge is -2.34. The van der Waals surface area contributed by atoms with Gasteiger partial charge in [-0.1, -0.05) is 29.3 Å². The zero-order valence-corrected chi connectivity index (χ0v) is 17.9. The number of aliphatic imine (C=N–C) groups is 1. The Morgan fingerprint density at radius 2 is 1.93 bits per heavy atom. The maximum absolute atomic E-state index is 6.25. The van der Waals surface area contributed by atoms with E-state index in [0.29, 0.717) is 22.7 Å². The second kappa shape index (κ2) is 12.4. The molecule has 1 N–H and O–H groups in total. The van der Waals surface area contributed by atoms with E-state index in [1.54, 1.807) is 7.11 Å². The summed E-state index contributed by atoms with van der Waals surface area (Å²) in [7, 11) is 1.72. The number of benzene rings is 1. The van der Waals surface area contributed by atoms with Crippen molar-refractivity contribution in [2.24, 2.45) is 4.99 Å². The van der Waals surface area contributed by atoms with E-state index in [1.165, 1.54) is 0 Å². The maximum Gasteiger partial charge on any atom is 0.193 e. The number of hydrogen-bond acceptors (Lipinski definition) is 3. The van der Waals surface area contributed by atoms with Crippen molar-refractivity contribution in [2.45, 2.75) is 38.7 Å². The lowest BCUT2D eigenvalue weighted by molar-refractivity contribution is 0.00991. The molecule has 27 heavy (non-hydrogen) atoms. The summed E-state index contributed by atoms with van der Waals surface area (Å²) in [6, 6.07) is 5.60. The van der Waals surface area contributed by atoms with Crippen LogP contribution in [-0.2, 0) is 15.9 Å². The number of nitrogens with zero attached hydrogens (tertiary/aromatic N) is 2. The molecule has 1 aromatic rings. The third kappa shape index (κ3) is 7.49. The summed E-state index contributed by atoms with van der Waals surface area (Å²) >= 11 is 12.5. The van der Waals surface area contributed by atoms with Crippen LogP contribution >= 0.6 is 23.2 Å². The van der Waals surface area contributed by atoms with Gasteiger partial charge in [0.05, 0.1) is 6.10 Å². The van der Waals surface area contributed by atoms with E-state index in [9.17, 15) is 0 Å². The molecule has 0 aromatic heterocycles. The van der Waals surface area contributed by atoms with Gasteiger partial charge in [0, 0.05) is 56.5 Å². The van der Waals surface area contributed by atoms with Crippen molar-refractivity contribution in [1.82, 2.24) is 10.2 Å². The average Bonchev–Trinajstić information content (AvgIpc) is 2.67. The molecule has 1 aromatic carbocycles. The Kier molecular flexibility index (Phi) is 10.3. The van der Waals surface area contributed by atoms with Crippen molar-refractivity contribution in [3.05, 3.63) is 33.8 Å². The van der Waals surface area contributed by atoms with Crippen LogP contribution in [0.1, 0.15) is 31.7 Å². The van der Waals surface area contributed by atoms with E-state index < -0.39 is 0 Å². The second-order valence-corrected chi connectivity index (χ2v) is 7.40. The monoisotopic (exact) mass is 415 g/mol. The van der Waals surface area contributed by atoms with Crippen LogP contribution in [-0.4, -0.2) is 63.5 Å². The van der Waals surface area contributed by atoms with Crippen LogP contribution < -0.4 is 5.32 Å². The smallest absolute Gasteiger partial charge is 0.193 e. The molecule has 7 heteroatoms. The highest BCUT2D eigenvalue weighted by Gasteiger charge is 2.21. The van der Waals surface area contributed by atoms with E-state index in [4.69, 9.17) is 37.7 Å². The number of likely N-dealkylation sites (tertiary alicyclic amines) is 1. The Balaban J connectivity index is 1.83. The first-order valence-corrected chi connectivity index (χ1v) is 10.5. The molecule has 0 bridgehead atoms. The molecule has 152 valence electrons. The van der Waals surface area contributed by atoms with Gasteiger partial charge in [-0.25, -0.2) is 0 Å². The second-order valence-electron chi connectivity index (χ2n) is 6.59. The summed E-state index contributed by atoms with van der Waals surface area (Å²) in [4.78, 5) is 7.10. The molecule has 0 spiro atoms. The highest BCUT2D eigenvalue weighted by atomic mass is 35.5. The molecule has 0 aliphatic carbocycles.